The molecule has 0 saturated heterocycles. The summed E-state index contributed by atoms with van der Waals surface area (Å²) in [5, 5.41) is 17.4. The van der Waals surface area contributed by atoms with Crippen molar-refractivity contribution in [2.45, 2.75) is 33.7 Å². The van der Waals surface area contributed by atoms with Gasteiger partial charge in [0.05, 0.1) is 18.8 Å². The smallest absolute Gasteiger partial charge is 0.229 e. The highest BCUT2D eigenvalue weighted by Crippen LogP contribution is 2.52. The lowest BCUT2D eigenvalue weighted by Crippen LogP contribution is -2.53. The number of aromatic nitrogens is 2. The summed E-state index contributed by atoms with van der Waals surface area (Å²) in [5.41, 5.74) is 1.19. The first-order valence-corrected chi connectivity index (χ1v) is 9.37. The van der Waals surface area contributed by atoms with E-state index in [1.165, 1.54) is 0 Å². The maximum absolute atomic E-state index is 12.8. The lowest BCUT2D eigenvalue weighted by Gasteiger charge is -2.49. The number of amides is 1. The highest BCUT2D eigenvalue weighted by molar-refractivity contribution is 6.30. The Morgan fingerprint density at radius 1 is 1.30 bits per heavy atom. The predicted molar refractivity (Wildman–Crippen MR) is 104 cm³/mol. The van der Waals surface area contributed by atoms with Gasteiger partial charge in [0, 0.05) is 28.5 Å². The van der Waals surface area contributed by atoms with Crippen LogP contribution in [0, 0.1) is 17.3 Å². The molecule has 1 aromatic carbocycles. The van der Waals surface area contributed by atoms with Crippen LogP contribution in [0.5, 0.6) is 0 Å². The van der Waals surface area contributed by atoms with Crippen molar-refractivity contribution in [1.29, 1.82) is 0 Å². The lowest BCUT2D eigenvalue weighted by atomic mass is 9.53. The number of hydrogen-bond donors (Lipinski definition) is 2. The molecule has 144 valence electrons. The Morgan fingerprint density at radius 3 is 2.52 bits per heavy atom. The third kappa shape index (κ3) is 3.77. The molecule has 3 rings (SSSR count). The molecule has 6 nitrogen and oxygen atoms in total. The second-order valence-electron chi connectivity index (χ2n) is 7.63. The minimum absolute atomic E-state index is 0.0831. The molecule has 1 amide bonds. The van der Waals surface area contributed by atoms with Crippen LogP contribution in [0.15, 0.2) is 30.3 Å². The summed E-state index contributed by atoms with van der Waals surface area (Å²) in [7, 11) is 0. The largest absolute Gasteiger partial charge is 0.394 e. The van der Waals surface area contributed by atoms with Crippen molar-refractivity contribution in [3.63, 3.8) is 0 Å². The highest BCUT2D eigenvalue weighted by Gasteiger charge is 2.53. The van der Waals surface area contributed by atoms with Crippen LogP contribution >= 0.6 is 11.6 Å². The van der Waals surface area contributed by atoms with Gasteiger partial charge in [0.15, 0.2) is 0 Å². The summed E-state index contributed by atoms with van der Waals surface area (Å²) in [4.78, 5) is 24.5. The molecule has 2 atom stereocenters. The molecule has 27 heavy (non-hydrogen) atoms. The number of carbonyl (C=O) groups excluding carboxylic acids is 2. The second kappa shape index (κ2) is 7.44. The number of halogens is 1. The van der Waals surface area contributed by atoms with E-state index in [0.717, 1.165) is 5.56 Å². The fourth-order valence-electron chi connectivity index (χ4n) is 3.82. The number of nitrogens with one attached hydrogen (secondary N) is 1. The number of hydrogen-bond acceptors (Lipinski definition) is 4. The van der Waals surface area contributed by atoms with Crippen molar-refractivity contribution in [2.24, 2.45) is 17.3 Å². The third-order valence-electron chi connectivity index (χ3n) is 5.56. The Hall–Kier alpha value is -2.18. The molecule has 0 spiro atoms. The summed E-state index contributed by atoms with van der Waals surface area (Å²) in [6.45, 7) is 5.67. The van der Waals surface area contributed by atoms with Crippen LogP contribution in [0.2, 0.25) is 5.02 Å². The van der Waals surface area contributed by atoms with Gasteiger partial charge in [0.25, 0.3) is 0 Å². The summed E-state index contributed by atoms with van der Waals surface area (Å²) in [5.74, 6) is 0.211. The number of benzene rings is 1. The number of anilines is 1. The molecule has 1 heterocycles. The van der Waals surface area contributed by atoms with Gasteiger partial charge in [0.1, 0.15) is 11.6 Å². The monoisotopic (exact) mass is 389 g/mol. The van der Waals surface area contributed by atoms with Crippen LogP contribution in [-0.4, -0.2) is 33.2 Å². The van der Waals surface area contributed by atoms with Crippen molar-refractivity contribution in [2.75, 3.05) is 11.9 Å². The van der Waals surface area contributed by atoms with E-state index in [2.05, 4.69) is 10.4 Å². The summed E-state index contributed by atoms with van der Waals surface area (Å²) in [6, 6.07) is 9.04. The number of nitrogens with zero attached hydrogens (tertiary/aromatic N) is 2. The molecule has 1 aliphatic rings. The van der Waals surface area contributed by atoms with E-state index in [9.17, 15) is 14.7 Å². The summed E-state index contributed by atoms with van der Waals surface area (Å²) in [6.07, 6.45) is 0.562. The number of rotatable bonds is 6. The number of carbonyl (C=O) groups is 2. The van der Waals surface area contributed by atoms with Gasteiger partial charge in [-0.1, -0.05) is 37.6 Å². The van der Waals surface area contributed by atoms with Crippen LogP contribution in [0.25, 0.3) is 11.3 Å². The fourth-order valence-corrected chi connectivity index (χ4v) is 3.94. The van der Waals surface area contributed by atoms with Crippen molar-refractivity contribution >= 4 is 29.1 Å². The van der Waals surface area contributed by atoms with Crippen molar-refractivity contribution in [3.8, 4) is 11.3 Å². The first kappa shape index (κ1) is 19.6. The Balaban J connectivity index is 1.81. The Bertz CT molecular complexity index is 858. The van der Waals surface area contributed by atoms with Gasteiger partial charge < -0.3 is 10.4 Å². The minimum atomic E-state index is -0.364. The Labute approximate surface area is 163 Å². The molecule has 1 saturated carbocycles. The van der Waals surface area contributed by atoms with E-state index in [0.29, 0.717) is 23.0 Å². The topological polar surface area (TPSA) is 84.2 Å². The maximum atomic E-state index is 12.8. The molecule has 1 aromatic heterocycles. The molecule has 0 bridgehead atoms. The molecule has 1 aliphatic carbocycles. The average molecular weight is 390 g/mol. The first-order valence-electron chi connectivity index (χ1n) is 9.00. The zero-order valence-corrected chi connectivity index (χ0v) is 16.5. The van der Waals surface area contributed by atoms with Gasteiger partial charge in [-0.15, -0.1) is 0 Å². The van der Waals surface area contributed by atoms with Gasteiger partial charge in [-0.05, 0) is 30.9 Å². The zero-order chi connectivity index (χ0) is 19.8. The van der Waals surface area contributed by atoms with Crippen molar-refractivity contribution < 1.29 is 14.7 Å². The molecular weight excluding hydrogens is 366 g/mol. The number of aliphatic hydroxyl groups is 1. The second-order valence-corrected chi connectivity index (χ2v) is 8.07. The van der Waals surface area contributed by atoms with E-state index >= 15 is 0 Å². The molecule has 2 aromatic rings. The van der Waals surface area contributed by atoms with E-state index in [4.69, 9.17) is 11.6 Å². The van der Waals surface area contributed by atoms with Crippen LogP contribution in [0.1, 0.15) is 27.2 Å². The first-order chi connectivity index (χ1) is 12.7. The van der Waals surface area contributed by atoms with Gasteiger partial charge in [-0.3, -0.25) is 9.59 Å². The van der Waals surface area contributed by atoms with Crippen molar-refractivity contribution in [1.82, 2.24) is 9.78 Å². The number of aliphatic hydroxyl groups excluding tert-OH is 1. The maximum Gasteiger partial charge on any atom is 0.229 e. The summed E-state index contributed by atoms with van der Waals surface area (Å²) < 4.78 is 1.58. The fraction of sp³-hybridized carbons (Fsp3) is 0.450. The molecular formula is C20H24ClN3O3. The minimum Gasteiger partial charge on any atom is -0.394 e. The molecule has 0 aliphatic heterocycles. The molecule has 7 heteroatoms. The zero-order valence-electron chi connectivity index (χ0n) is 15.7. The van der Waals surface area contributed by atoms with Crippen LogP contribution < -0.4 is 5.32 Å². The van der Waals surface area contributed by atoms with Gasteiger partial charge in [0.2, 0.25) is 5.91 Å². The van der Waals surface area contributed by atoms with Crippen LogP contribution in [0.4, 0.5) is 5.82 Å². The van der Waals surface area contributed by atoms with Crippen LogP contribution in [-0.2, 0) is 16.1 Å². The van der Waals surface area contributed by atoms with Crippen LogP contribution in [0.3, 0.4) is 0 Å². The van der Waals surface area contributed by atoms with E-state index in [-0.39, 0.29) is 42.1 Å². The molecule has 1 fully saturated rings. The summed E-state index contributed by atoms with van der Waals surface area (Å²) >= 11 is 5.93. The van der Waals surface area contributed by atoms with Crippen molar-refractivity contribution in [3.05, 3.63) is 35.4 Å². The van der Waals surface area contributed by atoms with E-state index in [1.807, 2.05) is 26.0 Å². The van der Waals surface area contributed by atoms with Gasteiger partial charge >= 0.3 is 0 Å². The highest BCUT2D eigenvalue weighted by atomic mass is 35.5. The van der Waals surface area contributed by atoms with Gasteiger partial charge in [-0.25, -0.2) is 4.68 Å². The van der Waals surface area contributed by atoms with Gasteiger partial charge in [-0.2, -0.15) is 5.10 Å². The SMILES string of the molecule is CC(=O)[C@@H]1C[C@H](C(=O)Nc2cc(-c3ccc(Cl)cc3)nn2CCO)C1(C)C. The Kier molecular flexibility index (Phi) is 5.40. The molecule has 2 N–H and O–H groups in total. The molecule has 0 unspecified atom stereocenters. The number of ketones is 1. The number of Topliss-reactive ketones (excluding diaryl/α,β-unsaturated/α-hetero) is 1. The standard InChI is InChI=1S/C20H24ClN3O3/c1-12(26)15-10-16(20(15,2)3)19(27)22-18-11-17(23-24(18)8-9-25)13-4-6-14(21)7-5-13/h4-7,11,15-16,25H,8-10H2,1-3H3,(H,22,27)/t15-,16+/m0/s1. The Morgan fingerprint density at radius 2 is 1.96 bits per heavy atom. The average Bonchev–Trinajstić information content (AvgIpc) is 2.97. The molecule has 0 radical (unpaired) electrons. The normalized spacial score (nSPS) is 20.8. The van der Waals surface area contributed by atoms with E-state index in [1.54, 1.807) is 29.8 Å². The van der Waals surface area contributed by atoms with E-state index < -0.39 is 0 Å². The predicted octanol–water partition coefficient (Wildman–Crippen LogP) is 3.39. The lowest BCUT2D eigenvalue weighted by molar-refractivity contribution is -0.145. The third-order valence-corrected chi connectivity index (χ3v) is 5.81. The quantitative estimate of drug-likeness (QED) is 0.793.